The van der Waals surface area contributed by atoms with Gasteiger partial charge in [0.05, 0.1) is 6.04 Å². The normalized spacial score (nSPS) is 15.1. The van der Waals surface area contributed by atoms with Crippen LogP contribution in [0.1, 0.15) is 22.3 Å². The molecule has 0 aliphatic carbocycles. The number of nitrogens with one attached hydrogen (secondary N) is 2. The Hall–Kier alpha value is -7.04. The van der Waals surface area contributed by atoms with Crippen molar-refractivity contribution < 1.29 is 0 Å². The van der Waals surface area contributed by atoms with Crippen LogP contribution in [0.15, 0.2) is 217 Å². The molecule has 0 amide bonds. The van der Waals surface area contributed by atoms with Gasteiger partial charge in [-0.05, 0) is 144 Å². The fraction of sp³-hybridized carbons (Fsp3) is 0.0769. The third-order valence-electron chi connectivity index (χ3n) is 10.00. The molecule has 0 radical (unpaired) electrons. The summed E-state index contributed by atoms with van der Waals surface area (Å²) in [4.78, 5) is 4.60. The number of para-hydroxylation sites is 2. The summed E-state index contributed by atoms with van der Waals surface area (Å²) in [5, 5.41) is 7.12. The molecule has 8 rings (SSSR count). The van der Waals surface area contributed by atoms with Gasteiger partial charge in [0.15, 0.2) is 0 Å². The number of rotatable bonds is 11. The Bertz CT molecular complexity index is 2450. The highest BCUT2D eigenvalue weighted by molar-refractivity contribution is 5.79. The predicted molar refractivity (Wildman–Crippen MR) is 238 cm³/mol. The average Bonchev–Trinajstić information content (AvgIpc) is 3.24. The van der Waals surface area contributed by atoms with E-state index >= 15 is 0 Å². The summed E-state index contributed by atoms with van der Waals surface area (Å²) in [6.45, 7) is 5.05. The first-order valence-electron chi connectivity index (χ1n) is 19.3. The average molecular weight is 727 g/mol. The van der Waals surface area contributed by atoms with Crippen molar-refractivity contribution in [3.8, 4) is 0 Å². The number of aryl methyl sites for hydroxylation is 2. The first kappa shape index (κ1) is 36.0. The molecule has 274 valence electrons. The molecule has 0 bridgehead atoms. The maximum absolute atomic E-state index is 3.59. The molecule has 4 nitrogen and oxygen atoms in total. The zero-order valence-electron chi connectivity index (χ0n) is 31.9. The van der Waals surface area contributed by atoms with E-state index in [0.29, 0.717) is 0 Å². The van der Waals surface area contributed by atoms with Gasteiger partial charge in [0, 0.05) is 46.4 Å². The molecule has 0 fully saturated rings. The number of hydrogen-bond acceptors (Lipinski definition) is 4. The summed E-state index contributed by atoms with van der Waals surface area (Å²) in [5.41, 5.74) is 15.1. The van der Waals surface area contributed by atoms with Crippen molar-refractivity contribution in [1.29, 1.82) is 0 Å². The molecule has 4 heteroatoms. The van der Waals surface area contributed by atoms with Crippen LogP contribution in [0.25, 0.3) is 12.2 Å². The Balaban J connectivity index is 0.940. The van der Waals surface area contributed by atoms with Gasteiger partial charge >= 0.3 is 0 Å². The van der Waals surface area contributed by atoms with Gasteiger partial charge in [-0.25, -0.2) is 0 Å². The minimum Gasteiger partial charge on any atom is -0.383 e. The number of hydrogen-bond donors (Lipinski definition) is 2. The maximum Gasteiger partial charge on any atom is 0.0848 e. The zero-order valence-corrected chi connectivity index (χ0v) is 31.9. The molecule has 0 saturated carbocycles. The van der Waals surface area contributed by atoms with Crippen LogP contribution in [0.3, 0.4) is 0 Å². The maximum atomic E-state index is 3.59. The summed E-state index contributed by atoms with van der Waals surface area (Å²) in [6.07, 6.45) is 19.7. The fourth-order valence-corrected chi connectivity index (χ4v) is 7.16. The quantitative estimate of drug-likeness (QED) is 0.139. The lowest BCUT2D eigenvalue weighted by molar-refractivity contribution is 0.698. The van der Waals surface area contributed by atoms with Gasteiger partial charge in [-0.3, -0.25) is 0 Å². The number of dihydropyridines is 2. The Labute approximate surface area is 331 Å². The van der Waals surface area contributed by atoms with E-state index in [9.17, 15) is 0 Å². The van der Waals surface area contributed by atoms with E-state index in [2.05, 4.69) is 241 Å². The van der Waals surface area contributed by atoms with Crippen molar-refractivity contribution in [2.45, 2.75) is 19.9 Å². The van der Waals surface area contributed by atoms with Crippen molar-refractivity contribution in [3.05, 3.63) is 239 Å². The Morgan fingerprint density at radius 2 is 0.982 bits per heavy atom. The third-order valence-corrected chi connectivity index (χ3v) is 10.00. The van der Waals surface area contributed by atoms with Crippen LogP contribution in [-0.4, -0.2) is 12.6 Å². The highest BCUT2D eigenvalue weighted by atomic mass is 15.1. The van der Waals surface area contributed by atoms with Crippen LogP contribution in [-0.2, 0) is 0 Å². The van der Waals surface area contributed by atoms with Crippen LogP contribution in [0.2, 0.25) is 0 Å². The zero-order chi connectivity index (χ0) is 38.1. The first-order valence-corrected chi connectivity index (χ1v) is 19.3. The molecular weight excluding hydrogens is 681 g/mol. The topological polar surface area (TPSA) is 30.5 Å². The van der Waals surface area contributed by atoms with E-state index in [-0.39, 0.29) is 6.04 Å². The van der Waals surface area contributed by atoms with Crippen molar-refractivity contribution >= 4 is 46.3 Å². The van der Waals surface area contributed by atoms with E-state index in [4.69, 9.17) is 0 Å². The molecule has 2 aliphatic rings. The summed E-state index contributed by atoms with van der Waals surface area (Å²) in [6, 6.07) is 56.0. The molecule has 0 spiro atoms. The summed E-state index contributed by atoms with van der Waals surface area (Å²) in [7, 11) is 0. The molecular formula is C52H46N4. The number of nitrogens with zero attached hydrogens (tertiary/aromatic N) is 2. The number of allylic oxidation sites excluding steroid dienone is 6. The van der Waals surface area contributed by atoms with Gasteiger partial charge in [0.1, 0.15) is 0 Å². The standard InChI is InChI=1S/C52H46N4/c1-39-11-9-17-49(35-39)55(45-13-5-3-6-14-45)47-27-23-41(24-28-47)19-21-43-31-33-53-51(37-43)52-38-44(32-34-54-52)22-20-42-25-29-48(30-26-42)56(46-15-7-4-8-16-46)50-18-10-12-40(2)36-50/h3-33,35-38,51,53-54H,34H2,1-2H3/b21-19+,22-20+. The molecule has 6 aromatic carbocycles. The second-order valence-electron chi connectivity index (χ2n) is 14.2. The summed E-state index contributed by atoms with van der Waals surface area (Å²) >= 11 is 0. The van der Waals surface area contributed by atoms with E-state index < -0.39 is 0 Å². The molecule has 1 unspecified atom stereocenters. The van der Waals surface area contributed by atoms with Gasteiger partial charge < -0.3 is 20.4 Å². The SMILES string of the molecule is Cc1cccc(N(c2ccccc2)c2ccc(/C=C/C3=CCNC(C4C=C(/C=C/c5ccc(N(c6ccccc6)c6cccc(C)c6)cc5)C=CN4)=C3)cc2)c1. The number of benzene rings is 6. The Kier molecular flexibility index (Phi) is 10.9. The molecule has 56 heavy (non-hydrogen) atoms. The van der Waals surface area contributed by atoms with Gasteiger partial charge in [0.2, 0.25) is 0 Å². The van der Waals surface area contributed by atoms with Gasteiger partial charge in [-0.15, -0.1) is 0 Å². The van der Waals surface area contributed by atoms with Gasteiger partial charge in [-0.2, -0.15) is 0 Å². The molecule has 6 aromatic rings. The monoisotopic (exact) mass is 726 g/mol. The second-order valence-corrected chi connectivity index (χ2v) is 14.2. The van der Waals surface area contributed by atoms with Crippen molar-refractivity contribution in [1.82, 2.24) is 10.6 Å². The van der Waals surface area contributed by atoms with Crippen LogP contribution >= 0.6 is 0 Å². The fourth-order valence-electron chi connectivity index (χ4n) is 7.16. The van der Waals surface area contributed by atoms with E-state index in [1.54, 1.807) is 0 Å². The van der Waals surface area contributed by atoms with E-state index in [0.717, 1.165) is 63.1 Å². The van der Waals surface area contributed by atoms with Crippen LogP contribution in [0.4, 0.5) is 34.1 Å². The molecule has 2 aliphatic heterocycles. The molecule has 0 aromatic heterocycles. The smallest absolute Gasteiger partial charge is 0.0848 e. The molecule has 1 atom stereocenters. The van der Waals surface area contributed by atoms with Crippen molar-refractivity contribution in [2.24, 2.45) is 0 Å². The van der Waals surface area contributed by atoms with Crippen LogP contribution < -0.4 is 20.4 Å². The molecule has 0 saturated heterocycles. The highest BCUT2D eigenvalue weighted by Gasteiger charge is 2.16. The second kappa shape index (κ2) is 17.0. The highest BCUT2D eigenvalue weighted by Crippen LogP contribution is 2.36. The third kappa shape index (κ3) is 8.67. The van der Waals surface area contributed by atoms with Gasteiger partial charge in [0.25, 0.3) is 0 Å². The Morgan fingerprint density at radius 3 is 1.50 bits per heavy atom. The number of anilines is 6. The predicted octanol–water partition coefficient (Wildman–Crippen LogP) is 12.8. The van der Waals surface area contributed by atoms with E-state index in [1.165, 1.54) is 16.7 Å². The van der Waals surface area contributed by atoms with Gasteiger partial charge in [-0.1, -0.05) is 115 Å². The lowest BCUT2D eigenvalue weighted by atomic mass is 10.0. The van der Waals surface area contributed by atoms with Crippen molar-refractivity contribution in [2.75, 3.05) is 16.3 Å². The van der Waals surface area contributed by atoms with Crippen LogP contribution in [0.5, 0.6) is 0 Å². The minimum absolute atomic E-state index is 0.0535. The summed E-state index contributed by atoms with van der Waals surface area (Å²) < 4.78 is 0. The summed E-state index contributed by atoms with van der Waals surface area (Å²) in [5.74, 6) is 0. The minimum atomic E-state index is 0.0535. The van der Waals surface area contributed by atoms with E-state index in [1.807, 2.05) is 6.20 Å². The van der Waals surface area contributed by atoms with Crippen molar-refractivity contribution in [3.63, 3.8) is 0 Å². The molecule has 2 N–H and O–H groups in total. The van der Waals surface area contributed by atoms with Crippen LogP contribution in [0, 0.1) is 13.8 Å². The first-order chi connectivity index (χ1) is 27.6. The largest absolute Gasteiger partial charge is 0.383 e. The lowest BCUT2D eigenvalue weighted by Crippen LogP contribution is -2.35. The molecule has 2 heterocycles. The Morgan fingerprint density at radius 1 is 0.500 bits per heavy atom. The lowest BCUT2D eigenvalue weighted by Gasteiger charge is -2.26.